The highest BCUT2D eigenvalue weighted by Gasteiger charge is 2.40. The summed E-state index contributed by atoms with van der Waals surface area (Å²) in [6.45, 7) is 12.0. The highest BCUT2D eigenvalue weighted by molar-refractivity contribution is 4.97. The minimum atomic E-state index is 0.331. The maximum Gasteiger partial charge on any atom is 0.0252 e. The van der Waals surface area contributed by atoms with Gasteiger partial charge in [-0.3, -0.25) is 4.90 Å². The van der Waals surface area contributed by atoms with Crippen molar-refractivity contribution in [2.45, 2.75) is 71.9 Å². The van der Waals surface area contributed by atoms with E-state index in [0.29, 0.717) is 17.5 Å². The predicted octanol–water partition coefficient (Wildman–Crippen LogP) is 3.26. The second-order valence-electron chi connectivity index (χ2n) is 7.59. The lowest BCUT2D eigenvalue weighted by atomic mass is 9.70. The molecule has 0 bridgehead atoms. The third-order valence-corrected chi connectivity index (χ3v) is 5.62. The van der Waals surface area contributed by atoms with Crippen molar-refractivity contribution in [2.75, 3.05) is 13.1 Å². The molecule has 1 aliphatic heterocycles. The molecule has 0 aromatic rings. The molecule has 2 nitrogen and oxygen atoms in total. The van der Waals surface area contributed by atoms with Crippen LogP contribution in [0.3, 0.4) is 0 Å². The average Bonchev–Trinajstić information content (AvgIpc) is 2.33. The van der Waals surface area contributed by atoms with E-state index < -0.39 is 0 Å². The standard InChI is InChI=1S/C16H32N2/c1-12(2)13-7-10-18(11-8-13)14-6-5-9-16(3,4)15(14)17/h12-15H,5-11,17H2,1-4H3. The summed E-state index contributed by atoms with van der Waals surface area (Å²) in [5.74, 6) is 1.79. The smallest absolute Gasteiger partial charge is 0.0252 e. The Balaban J connectivity index is 1.93. The minimum Gasteiger partial charge on any atom is -0.326 e. The van der Waals surface area contributed by atoms with Gasteiger partial charge in [-0.15, -0.1) is 0 Å². The SMILES string of the molecule is CC(C)C1CCN(C2CCCC(C)(C)C2N)CC1. The lowest BCUT2D eigenvalue weighted by Crippen LogP contribution is -2.58. The Labute approximate surface area is 113 Å². The van der Waals surface area contributed by atoms with Crippen LogP contribution in [-0.4, -0.2) is 30.1 Å². The van der Waals surface area contributed by atoms with Crippen LogP contribution in [0.25, 0.3) is 0 Å². The highest BCUT2D eigenvalue weighted by atomic mass is 15.2. The quantitative estimate of drug-likeness (QED) is 0.817. The topological polar surface area (TPSA) is 29.3 Å². The van der Waals surface area contributed by atoms with Gasteiger partial charge in [0.2, 0.25) is 0 Å². The summed E-state index contributed by atoms with van der Waals surface area (Å²) in [5, 5.41) is 0. The Kier molecular flexibility index (Phi) is 4.38. The Morgan fingerprint density at radius 2 is 1.72 bits per heavy atom. The maximum absolute atomic E-state index is 6.54. The number of hydrogen-bond donors (Lipinski definition) is 1. The summed E-state index contributed by atoms with van der Waals surface area (Å²) < 4.78 is 0. The molecule has 0 spiro atoms. The number of piperidine rings is 1. The third kappa shape index (κ3) is 2.91. The average molecular weight is 252 g/mol. The molecular weight excluding hydrogens is 220 g/mol. The number of nitrogens with two attached hydrogens (primary N) is 1. The molecule has 1 heterocycles. The third-order valence-electron chi connectivity index (χ3n) is 5.62. The molecule has 2 aliphatic rings. The summed E-state index contributed by atoms with van der Waals surface area (Å²) in [6, 6.07) is 1.00. The fraction of sp³-hybridized carbons (Fsp3) is 1.00. The van der Waals surface area contributed by atoms with Crippen LogP contribution in [0.1, 0.15) is 59.8 Å². The summed E-state index contributed by atoms with van der Waals surface area (Å²) in [7, 11) is 0. The van der Waals surface area contributed by atoms with E-state index in [4.69, 9.17) is 5.73 Å². The molecule has 106 valence electrons. The van der Waals surface area contributed by atoms with Crippen LogP contribution < -0.4 is 5.73 Å². The molecule has 2 rings (SSSR count). The molecule has 0 amide bonds. The zero-order valence-corrected chi connectivity index (χ0v) is 12.8. The van der Waals surface area contributed by atoms with Crippen LogP contribution in [0.15, 0.2) is 0 Å². The normalized spacial score (nSPS) is 35.0. The van der Waals surface area contributed by atoms with Gasteiger partial charge in [-0.1, -0.05) is 34.1 Å². The Hall–Kier alpha value is -0.0800. The minimum absolute atomic E-state index is 0.331. The van der Waals surface area contributed by atoms with Gasteiger partial charge in [-0.2, -0.15) is 0 Å². The van der Waals surface area contributed by atoms with Crippen LogP contribution in [-0.2, 0) is 0 Å². The zero-order valence-electron chi connectivity index (χ0n) is 12.8. The lowest BCUT2D eigenvalue weighted by Gasteiger charge is -2.48. The van der Waals surface area contributed by atoms with Gasteiger partial charge in [-0.25, -0.2) is 0 Å². The van der Waals surface area contributed by atoms with E-state index in [1.807, 2.05) is 0 Å². The molecule has 0 aromatic heterocycles. The number of likely N-dealkylation sites (tertiary alicyclic amines) is 1. The Bertz CT molecular complexity index is 264. The van der Waals surface area contributed by atoms with E-state index in [1.165, 1.54) is 45.2 Å². The summed E-state index contributed by atoms with van der Waals surface area (Å²) in [6.07, 6.45) is 6.72. The second kappa shape index (κ2) is 5.50. The molecule has 2 heteroatoms. The van der Waals surface area contributed by atoms with E-state index in [2.05, 4.69) is 32.6 Å². The first-order chi connectivity index (χ1) is 8.42. The van der Waals surface area contributed by atoms with E-state index in [0.717, 1.165) is 11.8 Å². The van der Waals surface area contributed by atoms with Crippen molar-refractivity contribution in [2.24, 2.45) is 23.0 Å². The van der Waals surface area contributed by atoms with E-state index >= 15 is 0 Å². The molecule has 1 aliphatic carbocycles. The van der Waals surface area contributed by atoms with E-state index in [1.54, 1.807) is 0 Å². The van der Waals surface area contributed by atoms with Crippen LogP contribution in [0, 0.1) is 17.3 Å². The largest absolute Gasteiger partial charge is 0.326 e. The number of rotatable bonds is 2. The van der Waals surface area contributed by atoms with Crippen LogP contribution in [0.2, 0.25) is 0 Å². The molecule has 0 aromatic carbocycles. The van der Waals surface area contributed by atoms with E-state index in [9.17, 15) is 0 Å². The van der Waals surface area contributed by atoms with Gasteiger partial charge in [0.05, 0.1) is 0 Å². The molecule has 18 heavy (non-hydrogen) atoms. The molecule has 2 atom stereocenters. The van der Waals surface area contributed by atoms with Gasteiger partial charge in [0.25, 0.3) is 0 Å². The molecule has 1 saturated heterocycles. The first-order valence-electron chi connectivity index (χ1n) is 7.91. The lowest BCUT2D eigenvalue weighted by molar-refractivity contribution is 0.0386. The molecule has 2 unspecified atom stereocenters. The van der Waals surface area contributed by atoms with Gasteiger partial charge >= 0.3 is 0 Å². The van der Waals surface area contributed by atoms with Crippen molar-refractivity contribution >= 4 is 0 Å². The van der Waals surface area contributed by atoms with Crippen molar-refractivity contribution in [3.05, 3.63) is 0 Å². The number of nitrogens with zero attached hydrogens (tertiary/aromatic N) is 1. The molecule has 1 saturated carbocycles. The van der Waals surface area contributed by atoms with Crippen molar-refractivity contribution in [3.63, 3.8) is 0 Å². The zero-order chi connectivity index (χ0) is 13.3. The van der Waals surface area contributed by atoms with Gasteiger partial charge in [-0.05, 0) is 56.0 Å². The summed E-state index contributed by atoms with van der Waals surface area (Å²) in [4.78, 5) is 2.70. The Morgan fingerprint density at radius 1 is 1.11 bits per heavy atom. The molecular formula is C16H32N2. The van der Waals surface area contributed by atoms with Gasteiger partial charge in [0.1, 0.15) is 0 Å². The van der Waals surface area contributed by atoms with Crippen molar-refractivity contribution < 1.29 is 0 Å². The van der Waals surface area contributed by atoms with Gasteiger partial charge in [0.15, 0.2) is 0 Å². The Morgan fingerprint density at radius 3 is 2.28 bits per heavy atom. The monoisotopic (exact) mass is 252 g/mol. The number of hydrogen-bond acceptors (Lipinski definition) is 2. The summed E-state index contributed by atoms with van der Waals surface area (Å²) >= 11 is 0. The van der Waals surface area contributed by atoms with Crippen LogP contribution in [0.5, 0.6) is 0 Å². The van der Waals surface area contributed by atoms with Gasteiger partial charge in [0, 0.05) is 12.1 Å². The second-order valence-corrected chi connectivity index (χ2v) is 7.59. The van der Waals surface area contributed by atoms with Crippen molar-refractivity contribution in [1.29, 1.82) is 0 Å². The molecule has 0 radical (unpaired) electrons. The van der Waals surface area contributed by atoms with Crippen molar-refractivity contribution in [1.82, 2.24) is 4.90 Å². The molecule has 2 fully saturated rings. The molecule has 2 N–H and O–H groups in total. The van der Waals surface area contributed by atoms with Gasteiger partial charge < -0.3 is 5.73 Å². The first kappa shape index (κ1) is 14.3. The maximum atomic E-state index is 6.54. The van der Waals surface area contributed by atoms with E-state index in [-0.39, 0.29) is 0 Å². The van der Waals surface area contributed by atoms with Crippen LogP contribution in [0.4, 0.5) is 0 Å². The van der Waals surface area contributed by atoms with Crippen molar-refractivity contribution in [3.8, 4) is 0 Å². The summed E-state index contributed by atoms with van der Waals surface area (Å²) in [5.41, 5.74) is 6.87. The fourth-order valence-electron chi connectivity index (χ4n) is 3.96. The van der Waals surface area contributed by atoms with Crippen LogP contribution >= 0.6 is 0 Å². The predicted molar refractivity (Wildman–Crippen MR) is 78.5 cm³/mol. The first-order valence-corrected chi connectivity index (χ1v) is 7.91. The fourth-order valence-corrected chi connectivity index (χ4v) is 3.96. The highest BCUT2D eigenvalue weighted by Crippen LogP contribution is 2.38.